The molecule has 1 aromatic heterocycles. The lowest BCUT2D eigenvalue weighted by molar-refractivity contribution is -0.394. The molecule has 0 aliphatic rings. The number of rotatable bonds is 5. The molecule has 0 spiro atoms. The molecule has 94 valence electrons. The topological polar surface area (TPSA) is 99.9 Å². The molecule has 0 aliphatic carbocycles. The average Bonchev–Trinajstić information content (AvgIpc) is 2.78. The molecular formula is C11H13N5O2. The van der Waals surface area contributed by atoms with Gasteiger partial charge in [0.15, 0.2) is 0 Å². The number of benzene rings is 1. The van der Waals surface area contributed by atoms with E-state index in [0.29, 0.717) is 6.54 Å². The van der Waals surface area contributed by atoms with Crippen molar-refractivity contribution in [3.8, 4) is 0 Å². The van der Waals surface area contributed by atoms with Crippen molar-refractivity contribution in [1.29, 1.82) is 0 Å². The molecule has 7 nitrogen and oxygen atoms in total. The van der Waals surface area contributed by atoms with Crippen LogP contribution in [0.1, 0.15) is 12.0 Å². The summed E-state index contributed by atoms with van der Waals surface area (Å²) in [5, 5.41) is 14.1. The molecule has 0 bridgehead atoms. The molecule has 0 radical (unpaired) electrons. The maximum absolute atomic E-state index is 10.4. The van der Waals surface area contributed by atoms with Crippen molar-refractivity contribution in [2.75, 3.05) is 5.73 Å². The monoisotopic (exact) mass is 247 g/mol. The van der Waals surface area contributed by atoms with Crippen LogP contribution in [0.4, 0.5) is 11.6 Å². The summed E-state index contributed by atoms with van der Waals surface area (Å²) >= 11 is 0. The van der Waals surface area contributed by atoms with Crippen LogP contribution >= 0.6 is 0 Å². The van der Waals surface area contributed by atoms with E-state index in [1.165, 1.54) is 11.0 Å². The van der Waals surface area contributed by atoms with Crippen LogP contribution in [0, 0.1) is 10.1 Å². The summed E-state index contributed by atoms with van der Waals surface area (Å²) in [5.74, 6) is -0.362. The SMILES string of the molecule is Nc1cccc(CCCn2cnc([N+](=O)[O-])n2)c1. The van der Waals surface area contributed by atoms with Gasteiger partial charge in [0.1, 0.15) is 0 Å². The summed E-state index contributed by atoms with van der Waals surface area (Å²) in [7, 11) is 0. The summed E-state index contributed by atoms with van der Waals surface area (Å²) in [5.41, 5.74) is 7.56. The third-order valence-corrected chi connectivity index (χ3v) is 2.49. The summed E-state index contributed by atoms with van der Waals surface area (Å²) < 4.78 is 1.48. The van der Waals surface area contributed by atoms with Gasteiger partial charge in [-0.2, -0.15) is 4.68 Å². The fourth-order valence-corrected chi connectivity index (χ4v) is 1.67. The highest BCUT2D eigenvalue weighted by molar-refractivity contribution is 5.40. The van der Waals surface area contributed by atoms with Crippen LogP contribution in [0.2, 0.25) is 0 Å². The Morgan fingerprint density at radius 1 is 1.44 bits per heavy atom. The Kier molecular flexibility index (Phi) is 3.52. The van der Waals surface area contributed by atoms with Gasteiger partial charge in [0.25, 0.3) is 0 Å². The van der Waals surface area contributed by atoms with Crippen LogP contribution in [0.3, 0.4) is 0 Å². The molecule has 18 heavy (non-hydrogen) atoms. The van der Waals surface area contributed by atoms with Gasteiger partial charge in [0.2, 0.25) is 6.33 Å². The first kappa shape index (κ1) is 12.0. The first-order chi connectivity index (χ1) is 8.65. The van der Waals surface area contributed by atoms with Crippen LogP contribution in [0.25, 0.3) is 0 Å². The second-order valence-corrected chi connectivity index (χ2v) is 3.91. The summed E-state index contributed by atoms with van der Waals surface area (Å²) in [6.07, 6.45) is 3.04. The number of nitrogens with zero attached hydrogens (tertiary/aromatic N) is 4. The second kappa shape index (κ2) is 5.26. The lowest BCUT2D eigenvalue weighted by Gasteiger charge is -2.01. The van der Waals surface area contributed by atoms with Crippen molar-refractivity contribution in [3.05, 3.63) is 46.3 Å². The zero-order valence-electron chi connectivity index (χ0n) is 9.69. The van der Waals surface area contributed by atoms with Crippen molar-refractivity contribution in [1.82, 2.24) is 14.8 Å². The van der Waals surface area contributed by atoms with Gasteiger partial charge in [-0.1, -0.05) is 17.1 Å². The Balaban J connectivity index is 1.86. The van der Waals surface area contributed by atoms with Crippen molar-refractivity contribution >= 4 is 11.6 Å². The molecule has 0 saturated carbocycles. The van der Waals surface area contributed by atoms with Crippen molar-refractivity contribution in [2.24, 2.45) is 0 Å². The minimum Gasteiger partial charge on any atom is -0.399 e. The van der Waals surface area contributed by atoms with Gasteiger partial charge < -0.3 is 15.8 Å². The number of anilines is 1. The number of hydrogen-bond acceptors (Lipinski definition) is 5. The predicted octanol–water partition coefficient (Wildman–Crippen LogP) is 1.40. The maximum atomic E-state index is 10.4. The Bertz CT molecular complexity index is 552. The number of nitrogens with two attached hydrogens (primary N) is 1. The van der Waals surface area contributed by atoms with Crippen molar-refractivity contribution < 1.29 is 4.92 Å². The molecule has 1 aromatic carbocycles. The lowest BCUT2D eigenvalue weighted by atomic mass is 10.1. The third-order valence-electron chi connectivity index (χ3n) is 2.49. The predicted molar refractivity (Wildman–Crippen MR) is 65.9 cm³/mol. The fraction of sp³-hybridized carbons (Fsp3) is 0.273. The maximum Gasteiger partial charge on any atom is 0.490 e. The molecule has 0 unspecified atom stereocenters. The van der Waals surface area contributed by atoms with Crippen molar-refractivity contribution in [3.63, 3.8) is 0 Å². The van der Waals surface area contributed by atoms with Gasteiger partial charge in [0.05, 0.1) is 6.54 Å². The van der Waals surface area contributed by atoms with Gasteiger partial charge in [0, 0.05) is 10.8 Å². The average molecular weight is 247 g/mol. The van der Waals surface area contributed by atoms with E-state index in [-0.39, 0.29) is 5.95 Å². The van der Waals surface area contributed by atoms with Crippen LogP contribution in [0.15, 0.2) is 30.6 Å². The largest absolute Gasteiger partial charge is 0.490 e. The van der Waals surface area contributed by atoms with Crippen molar-refractivity contribution in [2.45, 2.75) is 19.4 Å². The summed E-state index contributed by atoms with van der Waals surface area (Å²) in [6.45, 7) is 0.593. The van der Waals surface area contributed by atoms with E-state index in [4.69, 9.17) is 5.73 Å². The summed E-state index contributed by atoms with van der Waals surface area (Å²) in [6, 6.07) is 7.67. The smallest absolute Gasteiger partial charge is 0.399 e. The molecule has 7 heteroatoms. The van der Waals surface area contributed by atoms with Crippen LogP contribution < -0.4 is 5.73 Å². The Morgan fingerprint density at radius 2 is 2.28 bits per heavy atom. The van der Waals surface area contributed by atoms with E-state index >= 15 is 0 Å². The minimum absolute atomic E-state index is 0.362. The van der Waals surface area contributed by atoms with E-state index in [0.717, 1.165) is 24.1 Å². The number of hydrogen-bond donors (Lipinski definition) is 1. The van der Waals surface area contributed by atoms with E-state index in [9.17, 15) is 10.1 Å². The normalized spacial score (nSPS) is 10.4. The zero-order valence-corrected chi connectivity index (χ0v) is 9.69. The van der Waals surface area contributed by atoms with Gasteiger partial charge in [-0.3, -0.25) is 0 Å². The number of aryl methyl sites for hydroxylation is 2. The number of nitro groups is 1. The molecule has 2 N–H and O–H groups in total. The molecule has 0 fully saturated rings. The Morgan fingerprint density at radius 3 is 2.94 bits per heavy atom. The van der Waals surface area contributed by atoms with Gasteiger partial charge in [-0.05, 0) is 35.5 Å². The molecule has 0 aliphatic heterocycles. The number of nitrogen functional groups attached to an aromatic ring is 1. The molecule has 0 saturated heterocycles. The van der Waals surface area contributed by atoms with Crippen LogP contribution in [-0.4, -0.2) is 19.7 Å². The lowest BCUT2D eigenvalue weighted by Crippen LogP contribution is -2.01. The van der Waals surface area contributed by atoms with Crippen LogP contribution in [-0.2, 0) is 13.0 Å². The van der Waals surface area contributed by atoms with Gasteiger partial charge in [-0.15, -0.1) is 0 Å². The summed E-state index contributed by atoms with van der Waals surface area (Å²) in [4.78, 5) is 13.4. The standard InChI is InChI=1S/C11H13N5O2/c12-10-5-1-3-9(7-10)4-2-6-15-8-13-11(14-15)16(17)18/h1,3,5,7-8H,2,4,6,12H2. The molecule has 0 atom stereocenters. The quantitative estimate of drug-likeness (QED) is 0.489. The van der Waals surface area contributed by atoms with E-state index in [1.54, 1.807) is 0 Å². The molecule has 1 heterocycles. The minimum atomic E-state index is -0.603. The first-order valence-electron chi connectivity index (χ1n) is 5.53. The second-order valence-electron chi connectivity index (χ2n) is 3.91. The molecule has 2 aromatic rings. The molecule has 2 rings (SSSR count). The molecular weight excluding hydrogens is 234 g/mol. The molecule has 0 amide bonds. The van der Waals surface area contributed by atoms with Gasteiger partial charge in [-0.25, -0.2) is 0 Å². The fourth-order valence-electron chi connectivity index (χ4n) is 1.67. The van der Waals surface area contributed by atoms with E-state index < -0.39 is 4.92 Å². The van der Waals surface area contributed by atoms with Crippen LogP contribution in [0.5, 0.6) is 0 Å². The first-order valence-corrected chi connectivity index (χ1v) is 5.53. The highest BCUT2D eigenvalue weighted by atomic mass is 16.6. The Labute approximate surface area is 103 Å². The van der Waals surface area contributed by atoms with Gasteiger partial charge >= 0.3 is 5.95 Å². The zero-order chi connectivity index (χ0) is 13.0. The third kappa shape index (κ3) is 3.03. The Hall–Kier alpha value is -2.44. The number of aromatic nitrogens is 3. The van der Waals surface area contributed by atoms with E-state index in [2.05, 4.69) is 10.1 Å². The van der Waals surface area contributed by atoms with E-state index in [1.807, 2.05) is 24.3 Å². The highest BCUT2D eigenvalue weighted by Gasteiger charge is 2.12. The highest BCUT2D eigenvalue weighted by Crippen LogP contribution is 2.09.